The van der Waals surface area contributed by atoms with Gasteiger partial charge in [-0.1, -0.05) is 53.5 Å². The van der Waals surface area contributed by atoms with Crippen LogP contribution in [-0.2, 0) is 95.0 Å². The zero-order valence-electron chi connectivity index (χ0n) is 86.6. The summed E-state index contributed by atoms with van der Waals surface area (Å²) in [5.74, 6) is -15.0. The molecule has 4 saturated carbocycles. The van der Waals surface area contributed by atoms with E-state index in [-0.39, 0.29) is 76.6 Å². The van der Waals surface area contributed by atoms with Crippen molar-refractivity contribution in [2.24, 2.45) is 39.9 Å². The second kappa shape index (κ2) is 50.0. The van der Waals surface area contributed by atoms with Gasteiger partial charge in [0.15, 0.2) is 12.0 Å². The number of ether oxygens (including phenoxy) is 15. The zero-order valence-corrected chi connectivity index (χ0v) is 86.6. The summed E-state index contributed by atoms with van der Waals surface area (Å²) < 4.78 is 494. The Morgan fingerprint density at radius 1 is 0.264 bits per heavy atom. The van der Waals surface area contributed by atoms with E-state index in [1.54, 1.807) is 41.5 Å². The van der Waals surface area contributed by atoms with Gasteiger partial charge in [0.25, 0.3) is 0 Å². The molecule has 9 atom stereocenters. The van der Waals surface area contributed by atoms with E-state index in [1.165, 1.54) is 104 Å². The third-order valence-corrected chi connectivity index (χ3v) is 23.9. The van der Waals surface area contributed by atoms with E-state index < -0.39 is 293 Å². The van der Waals surface area contributed by atoms with Gasteiger partial charge in [0.05, 0.1) is 28.6 Å². The van der Waals surface area contributed by atoms with E-state index >= 15 is 0 Å². The summed E-state index contributed by atoms with van der Waals surface area (Å²) in [4.78, 5) is 119. The molecular formula is C92H133F31O25. The average molecular weight is 2230 g/mol. The first kappa shape index (κ1) is 139. The van der Waals surface area contributed by atoms with Gasteiger partial charge in [-0.15, -0.1) is 0 Å². The normalized spacial score (nSPS) is 21.1. The molecule has 0 aliphatic heterocycles. The molecule has 56 heteroatoms. The SMILES string of the molecule is C=C(C)C(=O)OCC(OC(=O)OC(C)(C)C)(C(F)(F)F)C(F)(F)F.CCC(C)(C(=O)OC1CCCCC1C(OC(=O)OC(C)(C)C)(C(F)(F)F)C(F)(F)F)C(F)(F)F.CCC(C)(C)C(=O)OC1CCC(C(C)(OC(=O)OC(C)(C)C)C(F)(F)F)CC1.CCC(C)(C)C(=O)OC1CCCCC1C(OC(=O)OC(C)(C)C)(C(F)(F)F)C(F)(F)F.CCC(C)(F)C(=O)OC1CCCCC1C(OC(=O)OC(C)(C)C)(C(F)(F)F)C(F)(F)F. The lowest BCUT2D eigenvalue weighted by Gasteiger charge is -2.46. The lowest BCUT2D eigenvalue weighted by atomic mass is 9.73. The van der Waals surface area contributed by atoms with Gasteiger partial charge in [-0.3, -0.25) is 14.4 Å². The Kier molecular flexibility index (Phi) is 47.1. The molecule has 0 aromatic rings. The fourth-order valence-electron chi connectivity index (χ4n) is 14.4. The van der Waals surface area contributed by atoms with Crippen LogP contribution >= 0.6 is 0 Å². The van der Waals surface area contributed by atoms with Gasteiger partial charge in [0.1, 0.15) is 52.4 Å². The highest BCUT2D eigenvalue weighted by Gasteiger charge is 2.83. The average Bonchev–Trinajstić information content (AvgIpc) is 0.681. The molecule has 0 heterocycles. The number of esters is 5. The Morgan fingerprint density at radius 3 is 0.743 bits per heavy atom. The number of carbonyl (C=O) groups is 10. The first-order chi connectivity index (χ1) is 65.5. The van der Waals surface area contributed by atoms with Crippen LogP contribution in [0.4, 0.5) is 160 Å². The van der Waals surface area contributed by atoms with Crippen molar-refractivity contribution in [3.05, 3.63) is 12.2 Å². The molecule has 9 unspecified atom stereocenters. The lowest BCUT2D eigenvalue weighted by molar-refractivity contribution is -0.394. The lowest BCUT2D eigenvalue weighted by Crippen LogP contribution is -2.67. The molecule has 0 spiro atoms. The van der Waals surface area contributed by atoms with Crippen LogP contribution in [-0.4, -0.2) is 215 Å². The molecule has 0 bridgehead atoms. The second-order valence-corrected chi connectivity index (χ2v) is 42.4. The second-order valence-electron chi connectivity index (χ2n) is 42.4. The number of halogens is 31. The van der Waals surface area contributed by atoms with Crippen LogP contribution in [0.5, 0.6) is 0 Å². The number of carbonyl (C=O) groups excluding carboxylic acids is 10. The first-order valence-corrected chi connectivity index (χ1v) is 46.2. The Bertz CT molecular complexity index is 4180. The van der Waals surface area contributed by atoms with Crippen LogP contribution < -0.4 is 0 Å². The molecule has 0 saturated heterocycles. The minimum absolute atomic E-state index is 0.0154. The first-order valence-electron chi connectivity index (χ1n) is 46.2. The Morgan fingerprint density at radius 2 is 0.514 bits per heavy atom. The molecule has 4 aliphatic rings. The smallest absolute Gasteiger partial charge is 0.462 e. The van der Waals surface area contributed by atoms with Gasteiger partial charge >= 0.3 is 145 Å². The summed E-state index contributed by atoms with van der Waals surface area (Å²) in [5, 5.41) is 0. The Balaban J connectivity index is 0.00000183. The summed E-state index contributed by atoms with van der Waals surface area (Å²) in [6.07, 6.45) is -78.5. The molecule has 0 N–H and O–H groups in total. The highest BCUT2D eigenvalue weighted by Crippen LogP contribution is 2.61. The third kappa shape index (κ3) is 37.6. The number of alkyl halides is 31. The summed E-state index contributed by atoms with van der Waals surface area (Å²) in [7, 11) is 0. The van der Waals surface area contributed by atoms with E-state index in [9.17, 15) is 184 Å². The molecule has 0 aromatic heterocycles. The molecule has 0 aromatic carbocycles. The van der Waals surface area contributed by atoms with Crippen molar-refractivity contribution < 1.29 is 255 Å². The fourth-order valence-corrected chi connectivity index (χ4v) is 14.4. The monoisotopic (exact) mass is 2230 g/mol. The van der Waals surface area contributed by atoms with Gasteiger partial charge in [0.2, 0.25) is 11.3 Å². The highest BCUT2D eigenvalue weighted by atomic mass is 19.5. The molecule has 148 heavy (non-hydrogen) atoms. The van der Waals surface area contributed by atoms with Crippen molar-refractivity contribution in [1.82, 2.24) is 0 Å². The van der Waals surface area contributed by atoms with Crippen molar-refractivity contribution >= 4 is 60.6 Å². The van der Waals surface area contributed by atoms with Crippen LogP contribution in [0.25, 0.3) is 0 Å². The maximum absolute atomic E-state index is 14.2. The van der Waals surface area contributed by atoms with Crippen molar-refractivity contribution in [1.29, 1.82) is 0 Å². The van der Waals surface area contributed by atoms with E-state index in [4.69, 9.17) is 23.7 Å². The van der Waals surface area contributed by atoms with Crippen molar-refractivity contribution in [3.63, 3.8) is 0 Å². The van der Waals surface area contributed by atoms with Gasteiger partial charge in [-0.05, 0) is 268 Å². The molecule has 4 fully saturated rings. The molecular weight excluding hydrogens is 2090 g/mol. The predicted molar refractivity (Wildman–Crippen MR) is 456 cm³/mol. The number of hydrogen-bond acceptors (Lipinski definition) is 25. The minimum atomic E-state index is -6.27. The van der Waals surface area contributed by atoms with Crippen LogP contribution in [0.15, 0.2) is 12.2 Å². The Hall–Kier alpha value is -8.73. The molecule has 0 radical (unpaired) electrons. The van der Waals surface area contributed by atoms with E-state index in [0.717, 1.165) is 27.7 Å². The van der Waals surface area contributed by atoms with Gasteiger partial charge in [0, 0.05) is 11.5 Å². The maximum atomic E-state index is 14.2. The molecule has 4 rings (SSSR count). The van der Waals surface area contributed by atoms with Crippen LogP contribution in [0, 0.1) is 39.9 Å². The zero-order chi connectivity index (χ0) is 117. The molecule has 868 valence electrons. The van der Waals surface area contributed by atoms with Crippen molar-refractivity contribution in [2.45, 2.75) is 463 Å². The van der Waals surface area contributed by atoms with Crippen molar-refractivity contribution in [2.75, 3.05) is 6.61 Å². The summed E-state index contributed by atoms with van der Waals surface area (Å²) in [6.45, 7) is 35.4. The van der Waals surface area contributed by atoms with E-state index in [0.29, 0.717) is 26.2 Å². The van der Waals surface area contributed by atoms with E-state index in [1.807, 2.05) is 6.92 Å². The van der Waals surface area contributed by atoms with Gasteiger partial charge < -0.3 is 71.1 Å². The molecule has 4 aliphatic carbocycles. The predicted octanol–water partition coefficient (Wildman–Crippen LogP) is 29.0. The van der Waals surface area contributed by atoms with Crippen LogP contribution in [0.1, 0.15) is 315 Å². The minimum Gasteiger partial charge on any atom is -0.462 e. The molecule has 0 amide bonds. The topological polar surface area (TPSA) is 309 Å². The summed E-state index contributed by atoms with van der Waals surface area (Å²) in [5.41, 5.74) is -37.5. The quantitative estimate of drug-likeness (QED) is 0.0375. The van der Waals surface area contributed by atoms with Crippen molar-refractivity contribution in [3.8, 4) is 0 Å². The largest absolute Gasteiger partial charge is 0.510 e. The van der Waals surface area contributed by atoms with Crippen LogP contribution in [0.2, 0.25) is 0 Å². The highest BCUT2D eigenvalue weighted by molar-refractivity contribution is 5.87. The Labute approximate surface area is 835 Å². The fraction of sp³-hybridized carbons (Fsp3) is 0.870. The number of rotatable bonds is 24. The standard InChI is InChI=1S/C20H27F9O5.C20H30F6O5.C20H33F3O5.C19H27F7O5.C13H16F6O5/c1-6-16(5,18(21,22)23)13(30)32-12-10-8-7-9-11(12)17(19(24,25)26,20(27,28)29)34-14(31)33-15(2,3)4;1-7-17(5,6)14(27)29-13-11-9-8-10-12(13)18(19(21,22)23,20(24,25)26)31-15(28)30-16(2,3)4;1-8-18(5,6)15(24)26-14-11-9-13(10-12-14)19(7,20(21,22)23)28-16(25)27-17(2,3)4;1-6-16(5,20)13(27)29-12-10-8-7-9-11(12)17(18(21,22)23,19(24,25)26)31-14(28)30-15(2,3)4;1-7(2)8(20)22-6-11(12(14,15)16,13(17,18)19)24-9(21)23-10(3,4)5/h11-12H,6-10H2,1-5H3;12-13H,7-11H2,1-6H3;13-14H,8-12H2,1-7H3;11-12H,6-10H2,1-5H3;1,6H2,2-5H3. The summed E-state index contributed by atoms with van der Waals surface area (Å²) >= 11 is 0. The maximum Gasteiger partial charge on any atom is 0.510 e. The van der Waals surface area contributed by atoms with E-state index in [2.05, 4.69) is 53.9 Å². The molecule has 25 nitrogen and oxygen atoms in total. The van der Waals surface area contributed by atoms with Gasteiger partial charge in [-0.2, -0.15) is 132 Å². The summed E-state index contributed by atoms with van der Waals surface area (Å²) in [6, 6.07) is 0. The van der Waals surface area contributed by atoms with Crippen LogP contribution in [0.3, 0.4) is 0 Å². The van der Waals surface area contributed by atoms with Gasteiger partial charge in [-0.25, -0.2) is 38.0 Å². The number of hydrogen-bond donors (Lipinski definition) is 0. The third-order valence-electron chi connectivity index (χ3n) is 23.9.